The first-order chi connectivity index (χ1) is 16.8. The number of anilines is 2. The lowest BCUT2D eigenvalue weighted by Crippen LogP contribution is -2.36. The average molecular weight is 500 g/mol. The number of alkyl carbamates (subject to hydrolysis) is 1. The number of benzene rings is 1. The molecule has 0 bridgehead atoms. The van der Waals surface area contributed by atoms with Gasteiger partial charge in [-0.2, -0.15) is 5.10 Å². The first-order valence-electron chi connectivity index (χ1n) is 12.2. The maximum absolute atomic E-state index is 12.6. The van der Waals surface area contributed by atoms with Gasteiger partial charge in [0.2, 0.25) is 11.8 Å². The molecule has 2 atom stereocenters. The molecule has 3 amide bonds. The van der Waals surface area contributed by atoms with Gasteiger partial charge in [0, 0.05) is 46.9 Å². The molecular weight excluding hydrogens is 470 g/mol. The molecule has 35 heavy (non-hydrogen) atoms. The molecule has 1 aliphatic heterocycles. The van der Waals surface area contributed by atoms with E-state index < -0.39 is 0 Å². The Hall–Kier alpha value is -3.07. The van der Waals surface area contributed by atoms with Crippen LogP contribution in [0.3, 0.4) is 0 Å². The number of H-pyrrole nitrogens is 1. The summed E-state index contributed by atoms with van der Waals surface area (Å²) in [6.45, 7) is 2.71. The molecule has 3 aliphatic rings. The van der Waals surface area contributed by atoms with E-state index in [0.717, 1.165) is 49.9 Å². The number of nitrogens with one attached hydrogen (secondary N) is 3. The molecular formula is C25H30ClN5O4. The summed E-state index contributed by atoms with van der Waals surface area (Å²) >= 11 is 6.40. The Bertz CT molecular complexity index is 1140. The molecule has 186 valence electrons. The molecule has 1 aromatic heterocycles. The van der Waals surface area contributed by atoms with E-state index in [2.05, 4.69) is 20.8 Å². The first-order valence-corrected chi connectivity index (χ1v) is 12.6. The zero-order valence-electron chi connectivity index (χ0n) is 19.7. The Balaban J connectivity index is 1.12. The van der Waals surface area contributed by atoms with Gasteiger partial charge in [0.1, 0.15) is 6.10 Å². The zero-order valence-corrected chi connectivity index (χ0v) is 20.5. The van der Waals surface area contributed by atoms with Gasteiger partial charge >= 0.3 is 6.09 Å². The molecule has 0 radical (unpaired) electrons. The molecule has 0 spiro atoms. The Kier molecular flexibility index (Phi) is 6.44. The number of nitrogens with zero attached hydrogens (tertiary/aromatic N) is 2. The number of aromatic nitrogens is 2. The minimum Gasteiger partial charge on any atom is -0.446 e. The van der Waals surface area contributed by atoms with Gasteiger partial charge in [-0.25, -0.2) is 4.79 Å². The third-order valence-corrected chi connectivity index (χ3v) is 7.49. The van der Waals surface area contributed by atoms with Crippen molar-refractivity contribution in [2.45, 2.75) is 75.9 Å². The molecule has 3 N–H and O–H groups in total. The number of hydrogen-bond donors (Lipinski definition) is 3. The van der Waals surface area contributed by atoms with Crippen molar-refractivity contribution in [1.29, 1.82) is 0 Å². The van der Waals surface area contributed by atoms with E-state index in [1.807, 2.05) is 19.1 Å². The van der Waals surface area contributed by atoms with Crippen molar-refractivity contribution in [3.63, 3.8) is 0 Å². The van der Waals surface area contributed by atoms with Crippen LogP contribution < -0.4 is 15.5 Å². The molecule has 1 saturated heterocycles. The molecule has 2 aliphatic carbocycles. The highest BCUT2D eigenvalue weighted by Crippen LogP contribution is 2.37. The summed E-state index contributed by atoms with van der Waals surface area (Å²) in [6.07, 6.45) is 5.43. The second-order valence-corrected chi connectivity index (χ2v) is 10.5. The number of halogens is 1. The largest absolute Gasteiger partial charge is 0.446 e. The molecule has 0 unspecified atom stereocenters. The number of carbonyl (C=O) groups is 3. The smallest absolute Gasteiger partial charge is 0.407 e. The van der Waals surface area contributed by atoms with E-state index in [4.69, 9.17) is 16.3 Å². The quantitative estimate of drug-likeness (QED) is 0.525. The number of rotatable bonds is 7. The zero-order chi connectivity index (χ0) is 24.6. The fourth-order valence-corrected chi connectivity index (χ4v) is 5.05. The Morgan fingerprint density at radius 1 is 1.29 bits per heavy atom. The standard InChI is InChI=1S/C25H30ClN5O4/c1-25(8-9-25)28-24(34)35-18-7-5-16(11-18)20-14-21(30-29-20)27-22(32)12-15-4-6-17(13-19(15)26)31-10-2-3-23(31)33/h4,6,13-14,16,18H,2-3,5,7-12H2,1H3,(H,28,34)(H2,27,29,30,32)/t16-,18+/m1/s1. The van der Waals surface area contributed by atoms with Crippen LogP contribution in [0, 0.1) is 0 Å². The summed E-state index contributed by atoms with van der Waals surface area (Å²) in [7, 11) is 0. The Morgan fingerprint density at radius 2 is 2.11 bits per heavy atom. The van der Waals surface area contributed by atoms with E-state index in [-0.39, 0.29) is 41.9 Å². The van der Waals surface area contributed by atoms with Crippen molar-refractivity contribution in [1.82, 2.24) is 15.5 Å². The second kappa shape index (κ2) is 9.53. The minimum atomic E-state index is -0.341. The van der Waals surface area contributed by atoms with Crippen molar-refractivity contribution in [2.24, 2.45) is 0 Å². The van der Waals surface area contributed by atoms with E-state index in [1.165, 1.54) is 0 Å². The number of aromatic amines is 1. The van der Waals surface area contributed by atoms with Gasteiger partial charge in [-0.1, -0.05) is 17.7 Å². The third-order valence-electron chi connectivity index (χ3n) is 7.14. The lowest BCUT2D eigenvalue weighted by molar-refractivity contribution is -0.117. The molecule has 1 aromatic carbocycles. The van der Waals surface area contributed by atoms with Crippen LogP contribution >= 0.6 is 11.6 Å². The van der Waals surface area contributed by atoms with Gasteiger partial charge < -0.3 is 20.3 Å². The highest BCUT2D eigenvalue weighted by molar-refractivity contribution is 6.32. The summed E-state index contributed by atoms with van der Waals surface area (Å²) in [5.74, 6) is 0.506. The molecule has 10 heteroatoms. The van der Waals surface area contributed by atoms with E-state index in [9.17, 15) is 14.4 Å². The van der Waals surface area contributed by atoms with E-state index in [1.54, 1.807) is 17.0 Å². The summed E-state index contributed by atoms with van der Waals surface area (Å²) in [4.78, 5) is 38.3. The van der Waals surface area contributed by atoms with Crippen LogP contribution in [0.2, 0.25) is 5.02 Å². The van der Waals surface area contributed by atoms with Gasteiger partial charge in [0.25, 0.3) is 0 Å². The lowest BCUT2D eigenvalue weighted by Gasteiger charge is -2.17. The topological polar surface area (TPSA) is 116 Å². The molecule has 2 saturated carbocycles. The first kappa shape index (κ1) is 23.7. The van der Waals surface area contributed by atoms with Gasteiger partial charge in [-0.15, -0.1) is 0 Å². The summed E-state index contributed by atoms with van der Waals surface area (Å²) in [6, 6.07) is 7.19. The molecule has 9 nitrogen and oxygen atoms in total. The lowest BCUT2D eigenvalue weighted by atomic mass is 10.0. The van der Waals surface area contributed by atoms with Crippen LogP contribution in [-0.4, -0.2) is 46.3 Å². The molecule has 2 heterocycles. The minimum absolute atomic E-state index is 0.0925. The van der Waals surface area contributed by atoms with Crippen molar-refractivity contribution in [3.8, 4) is 0 Å². The number of amides is 3. The van der Waals surface area contributed by atoms with Crippen molar-refractivity contribution in [2.75, 3.05) is 16.8 Å². The predicted molar refractivity (Wildman–Crippen MR) is 132 cm³/mol. The number of carbonyl (C=O) groups excluding carboxylic acids is 3. The van der Waals surface area contributed by atoms with Gasteiger partial charge in [0.15, 0.2) is 5.82 Å². The Morgan fingerprint density at radius 3 is 2.83 bits per heavy atom. The fourth-order valence-electron chi connectivity index (χ4n) is 4.81. The van der Waals surface area contributed by atoms with Crippen LogP contribution in [0.1, 0.15) is 69.0 Å². The van der Waals surface area contributed by atoms with E-state index >= 15 is 0 Å². The SMILES string of the molecule is CC1(NC(=O)O[C@H]2CC[C@@H](c3cc(NC(=O)Cc4ccc(N5CCCC5=O)cc4Cl)n[nH]3)C2)CC1. The third kappa shape index (κ3) is 5.61. The number of hydrogen-bond acceptors (Lipinski definition) is 5. The fraction of sp³-hybridized carbons (Fsp3) is 0.520. The van der Waals surface area contributed by atoms with Gasteiger partial charge in [-0.05, 0) is 63.1 Å². The highest BCUT2D eigenvalue weighted by Gasteiger charge is 2.40. The van der Waals surface area contributed by atoms with E-state index in [0.29, 0.717) is 29.4 Å². The predicted octanol–water partition coefficient (Wildman–Crippen LogP) is 4.29. The Labute approximate surface area is 208 Å². The van der Waals surface area contributed by atoms with Gasteiger partial charge in [-0.3, -0.25) is 14.7 Å². The van der Waals surface area contributed by atoms with Crippen LogP contribution in [0.5, 0.6) is 0 Å². The second-order valence-electron chi connectivity index (χ2n) is 10.1. The van der Waals surface area contributed by atoms with Crippen molar-refractivity contribution >= 4 is 41.0 Å². The number of ether oxygens (including phenoxy) is 1. The maximum Gasteiger partial charge on any atom is 0.407 e. The summed E-state index contributed by atoms with van der Waals surface area (Å²) in [5, 5.41) is 13.4. The van der Waals surface area contributed by atoms with Crippen LogP contribution in [0.25, 0.3) is 0 Å². The van der Waals surface area contributed by atoms with Crippen molar-refractivity contribution < 1.29 is 19.1 Å². The monoisotopic (exact) mass is 499 g/mol. The molecule has 5 rings (SSSR count). The normalized spacial score (nSPS) is 22.8. The van der Waals surface area contributed by atoms with Crippen molar-refractivity contribution in [3.05, 3.63) is 40.5 Å². The summed E-state index contributed by atoms with van der Waals surface area (Å²) in [5.41, 5.74) is 2.27. The molecule has 2 aromatic rings. The highest BCUT2D eigenvalue weighted by atomic mass is 35.5. The van der Waals surface area contributed by atoms with Crippen LogP contribution in [-0.2, 0) is 20.7 Å². The van der Waals surface area contributed by atoms with Gasteiger partial charge in [0.05, 0.1) is 6.42 Å². The van der Waals surface area contributed by atoms with Crippen LogP contribution in [0.15, 0.2) is 24.3 Å². The van der Waals surface area contributed by atoms with Crippen LogP contribution in [0.4, 0.5) is 16.3 Å². The summed E-state index contributed by atoms with van der Waals surface area (Å²) < 4.78 is 5.59. The maximum atomic E-state index is 12.6. The molecule has 3 fully saturated rings. The average Bonchev–Trinajstić information content (AvgIpc) is 3.22.